The molecule has 1 aromatic rings. The van der Waals surface area contributed by atoms with E-state index in [9.17, 15) is 14.4 Å². The Morgan fingerprint density at radius 1 is 1.14 bits per heavy atom. The number of anilines is 1. The van der Waals surface area contributed by atoms with Gasteiger partial charge in [-0.15, -0.1) is 0 Å². The van der Waals surface area contributed by atoms with Gasteiger partial charge < -0.3 is 29.9 Å². The Kier molecular flexibility index (Phi) is 10.6. The van der Waals surface area contributed by atoms with E-state index in [1.807, 2.05) is 18.7 Å². The Balaban J connectivity index is 1.90. The summed E-state index contributed by atoms with van der Waals surface area (Å²) in [5.74, 6) is 0.454. The number of ether oxygens (including phenoxy) is 2. The number of hydrogen-bond acceptors (Lipinski definition) is 5. The van der Waals surface area contributed by atoms with Crippen LogP contribution in [0, 0.1) is 11.8 Å². The molecule has 3 rings (SSSR count). The molecule has 206 valence electrons. The molecule has 3 atom stereocenters. The minimum absolute atomic E-state index is 0.0300. The zero-order valence-electron chi connectivity index (χ0n) is 23.0. The third-order valence-electron chi connectivity index (χ3n) is 7.48. The smallest absolute Gasteiger partial charge is 0.319 e. The van der Waals surface area contributed by atoms with Crippen LogP contribution in [0.3, 0.4) is 0 Å². The van der Waals surface area contributed by atoms with Crippen molar-refractivity contribution in [3.05, 3.63) is 23.8 Å². The van der Waals surface area contributed by atoms with Crippen LogP contribution < -0.4 is 15.4 Å². The molecule has 0 spiro atoms. The Labute approximate surface area is 221 Å². The van der Waals surface area contributed by atoms with Crippen molar-refractivity contribution in [2.24, 2.45) is 11.8 Å². The maximum Gasteiger partial charge on any atom is 0.319 e. The van der Waals surface area contributed by atoms with E-state index < -0.39 is 0 Å². The molecule has 1 fully saturated rings. The first-order valence-corrected chi connectivity index (χ1v) is 13.7. The van der Waals surface area contributed by atoms with E-state index >= 15 is 0 Å². The third kappa shape index (κ3) is 7.60. The van der Waals surface area contributed by atoms with Gasteiger partial charge in [0.2, 0.25) is 5.91 Å². The fourth-order valence-corrected chi connectivity index (χ4v) is 5.15. The maximum absolute atomic E-state index is 13.7. The van der Waals surface area contributed by atoms with Gasteiger partial charge in [0.1, 0.15) is 12.4 Å². The first kappa shape index (κ1) is 28.8. The van der Waals surface area contributed by atoms with Crippen molar-refractivity contribution in [2.45, 2.75) is 71.4 Å². The predicted octanol–water partition coefficient (Wildman–Crippen LogP) is 4.13. The lowest BCUT2D eigenvalue weighted by Crippen LogP contribution is -2.50. The van der Waals surface area contributed by atoms with Gasteiger partial charge in [-0.25, -0.2) is 4.79 Å². The zero-order valence-corrected chi connectivity index (χ0v) is 23.0. The molecule has 0 radical (unpaired) electrons. The molecule has 1 heterocycles. The number of fused-ring (bicyclic) bond motifs is 1. The fourth-order valence-electron chi connectivity index (χ4n) is 5.15. The highest BCUT2D eigenvalue weighted by Crippen LogP contribution is 2.29. The SMILES string of the molecule is CCCNC(=O)Nc1ccc2c(c1)OC[C@@H](C)N(C(=O)C1CCCCC1)C[C@H](C)[C@@H](OC)CN(C)C2=O. The molecule has 4 amide bonds. The monoisotopic (exact) mass is 516 g/mol. The van der Waals surface area contributed by atoms with E-state index in [1.165, 1.54) is 6.42 Å². The number of carbonyl (C=O) groups is 3. The standard InChI is InChI=1S/C28H44N4O5/c1-6-14-29-28(35)30-22-12-13-23-24(15-22)37-18-20(3)32(26(33)21-10-8-7-9-11-21)16-19(2)25(36-5)17-31(4)27(23)34/h12-13,15,19-21,25H,6-11,14,16-18H2,1-5H3,(H2,29,30,35)/t19-,20+,25-/m0/s1. The molecule has 1 saturated carbocycles. The molecule has 1 aliphatic carbocycles. The summed E-state index contributed by atoms with van der Waals surface area (Å²) in [6, 6.07) is 4.54. The second-order valence-corrected chi connectivity index (χ2v) is 10.5. The lowest BCUT2D eigenvalue weighted by atomic mass is 9.87. The second kappa shape index (κ2) is 13.7. The molecule has 2 aliphatic rings. The minimum Gasteiger partial charge on any atom is -0.491 e. The van der Waals surface area contributed by atoms with Gasteiger partial charge in [0.25, 0.3) is 5.91 Å². The van der Waals surface area contributed by atoms with Gasteiger partial charge in [-0.2, -0.15) is 0 Å². The molecular formula is C28H44N4O5. The summed E-state index contributed by atoms with van der Waals surface area (Å²) in [6.07, 6.45) is 5.83. The molecule has 37 heavy (non-hydrogen) atoms. The van der Waals surface area contributed by atoms with Crippen molar-refractivity contribution in [3.8, 4) is 5.75 Å². The summed E-state index contributed by atoms with van der Waals surface area (Å²) in [4.78, 5) is 42.8. The molecule has 1 aliphatic heterocycles. The number of urea groups is 1. The van der Waals surface area contributed by atoms with Crippen LogP contribution >= 0.6 is 0 Å². The summed E-state index contributed by atoms with van der Waals surface area (Å²) < 4.78 is 12.0. The van der Waals surface area contributed by atoms with E-state index in [0.717, 1.165) is 32.1 Å². The number of methoxy groups -OCH3 is 1. The van der Waals surface area contributed by atoms with E-state index in [-0.39, 0.29) is 48.4 Å². The number of likely N-dealkylation sites (N-methyl/N-ethyl adjacent to an activating group) is 1. The van der Waals surface area contributed by atoms with Crippen LogP contribution in [-0.4, -0.2) is 80.2 Å². The Hall–Kier alpha value is -2.81. The molecule has 2 N–H and O–H groups in total. The van der Waals surface area contributed by atoms with Gasteiger partial charge in [-0.1, -0.05) is 33.1 Å². The second-order valence-electron chi connectivity index (χ2n) is 10.5. The third-order valence-corrected chi connectivity index (χ3v) is 7.48. The van der Waals surface area contributed by atoms with Crippen molar-refractivity contribution in [3.63, 3.8) is 0 Å². The highest BCUT2D eigenvalue weighted by atomic mass is 16.5. The van der Waals surface area contributed by atoms with Crippen molar-refractivity contribution in [1.29, 1.82) is 0 Å². The number of nitrogens with one attached hydrogen (secondary N) is 2. The average molecular weight is 517 g/mol. The molecule has 0 bridgehead atoms. The van der Waals surface area contributed by atoms with Crippen molar-refractivity contribution >= 4 is 23.5 Å². The topological polar surface area (TPSA) is 100 Å². The first-order chi connectivity index (χ1) is 17.7. The zero-order chi connectivity index (χ0) is 26.9. The molecule has 9 heteroatoms. The highest BCUT2D eigenvalue weighted by Gasteiger charge is 2.33. The Morgan fingerprint density at radius 3 is 2.54 bits per heavy atom. The number of carbonyl (C=O) groups excluding carboxylic acids is 3. The van der Waals surface area contributed by atoms with Gasteiger partial charge in [0.05, 0.1) is 17.7 Å². The van der Waals surface area contributed by atoms with Gasteiger partial charge >= 0.3 is 6.03 Å². The molecule has 1 aromatic carbocycles. The molecule has 0 aromatic heterocycles. The maximum atomic E-state index is 13.7. The number of hydrogen-bond donors (Lipinski definition) is 2. The Morgan fingerprint density at radius 2 is 1.86 bits per heavy atom. The van der Waals surface area contributed by atoms with E-state index in [2.05, 4.69) is 17.6 Å². The lowest BCUT2D eigenvalue weighted by Gasteiger charge is -2.38. The predicted molar refractivity (Wildman–Crippen MR) is 144 cm³/mol. The van der Waals surface area contributed by atoms with Crippen molar-refractivity contribution in [2.75, 3.05) is 45.7 Å². The number of benzene rings is 1. The van der Waals surface area contributed by atoms with E-state index in [4.69, 9.17) is 9.47 Å². The largest absolute Gasteiger partial charge is 0.491 e. The fraction of sp³-hybridized carbons (Fsp3) is 0.679. The summed E-state index contributed by atoms with van der Waals surface area (Å²) in [6.45, 7) is 7.77. The summed E-state index contributed by atoms with van der Waals surface area (Å²) in [7, 11) is 3.40. The van der Waals surface area contributed by atoms with Gasteiger partial charge in [-0.3, -0.25) is 9.59 Å². The number of nitrogens with zero attached hydrogens (tertiary/aromatic N) is 2. The summed E-state index contributed by atoms with van der Waals surface area (Å²) >= 11 is 0. The Bertz CT molecular complexity index is 933. The summed E-state index contributed by atoms with van der Waals surface area (Å²) in [5.41, 5.74) is 0.934. The van der Waals surface area contributed by atoms with Crippen LogP contribution in [0.4, 0.5) is 10.5 Å². The van der Waals surface area contributed by atoms with Crippen LogP contribution in [0.5, 0.6) is 5.75 Å². The quantitative estimate of drug-likeness (QED) is 0.613. The van der Waals surface area contributed by atoms with E-state index in [0.29, 0.717) is 36.6 Å². The first-order valence-electron chi connectivity index (χ1n) is 13.7. The average Bonchev–Trinajstić information content (AvgIpc) is 2.91. The summed E-state index contributed by atoms with van der Waals surface area (Å²) in [5, 5.41) is 5.58. The van der Waals surface area contributed by atoms with Crippen LogP contribution in [-0.2, 0) is 9.53 Å². The van der Waals surface area contributed by atoms with Crippen LogP contribution in [0.25, 0.3) is 0 Å². The lowest BCUT2D eigenvalue weighted by molar-refractivity contribution is -0.141. The number of amides is 4. The number of rotatable bonds is 5. The van der Waals surface area contributed by atoms with Crippen LogP contribution in [0.1, 0.15) is 69.7 Å². The van der Waals surface area contributed by atoms with Crippen LogP contribution in [0.2, 0.25) is 0 Å². The normalized spacial score (nSPS) is 23.8. The molecule has 9 nitrogen and oxygen atoms in total. The molecule has 0 saturated heterocycles. The molecule has 0 unspecified atom stereocenters. The van der Waals surface area contributed by atoms with Crippen molar-refractivity contribution in [1.82, 2.24) is 15.1 Å². The minimum atomic E-state index is -0.312. The van der Waals surface area contributed by atoms with E-state index in [1.54, 1.807) is 37.3 Å². The molecular weight excluding hydrogens is 472 g/mol. The van der Waals surface area contributed by atoms with Gasteiger partial charge in [0.15, 0.2) is 0 Å². The highest BCUT2D eigenvalue weighted by molar-refractivity contribution is 5.98. The van der Waals surface area contributed by atoms with Gasteiger partial charge in [0, 0.05) is 57.4 Å². The van der Waals surface area contributed by atoms with Crippen molar-refractivity contribution < 1.29 is 23.9 Å². The van der Waals surface area contributed by atoms with Crippen LogP contribution in [0.15, 0.2) is 18.2 Å². The van der Waals surface area contributed by atoms with Gasteiger partial charge in [-0.05, 0) is 38.3 Å².